The molecule has 0 spiro atoms. The molecule has 21 heavy (non-hydrogen) atoms. The number of amides is 1. The Hall–Kier alpha value is -1.59. The smallest absolute Gasteiger partial charge is 0.237 e. The summed E-state index contributed by atoms with van der Waals surface area (Å²) in [6, 6.07) is 7.31. The molecule has 1 aromatic carbocycles. The van der Waals surface area contributed by atoms with E-state index in [1.807, 2.05) is 38.1 Å². The van der Waals surface area contributed by atoms with Gasteiger partial charge in [-0.15, -0.1) is 0 Å². The van der Waals surface area contributed by atoms with Gasteiger partial charge in [-0.05, 0) is 50.4 Å². The number of primary amides is 1. The van der Waals surface area contributed by atoms with E-state index in [2.05, 4.69) is 5.32 Å². The summed E-state index contributed by atoms with van der Waals surface area (Å²) in [5.74, 6) is 0.428. The number of rotatable bonds is 10. The maximum atomic E-state index is 11.6. The third-order valence-electron chi connectivity index (χ3n) is 3.50. The van der Waals surface area contributed by atoms with E-state index in [9.17, 15) is 4.79 Å². The van der Waals surface area contributed by atoms with Gasteiger partial charge in [0.15, 0.2) is 0 Å². The summed E-state index contributed by atoms with van der Waals surface area (Å²) >= 11 is 0. The predicted octanol–water partition coefficient (Wildman–Crippen LogP) is 1.58. The summed E-state index contributed by atoms with van der Waals surface area (Å²) in [5, 5.41) is 12.2. The number of hydrogen-bond acceptors (Lipinski definition) is 4. The van der Waals surface area contributed by atoms with Gasteiger partial charge in [-0.2, -0.15) is 0 Å². The van der Waals surface area contributed by atoms with E-state index in [0.717, 1.165) is 30.7 Å². The zero-order valence-electron chi connectivity index (χ0n) is 12.9. The number of carbonyl (C=O) groups excluding carboxylic acids is 1. The molecule has 0 aliphatic heterocycles. The maximum absolute atomic E-state index is 11.6. The predicted molar refractivity (Wildman–Crippen MR) is 83.0 cm³/mol. The first-order valence-electron chi connectivity index (χ1n) is 7.39. The minimum atomic E-state index is -0.680. The molecule has 0 bridgehead atoms. The monoisotopic (exact) mass is 294 g/mol. The summed E-state index contributed by atoms with van der Waals surface area (Å²) in [5.41, 5.74) is 5.64. The lowest BCUT2D eigenvalue weighted by Crippen LogP contribution is -2.53. The van der Waals surface area contributed by atoms with Gasteiger partial charge in [0.1, 0.15) is 5.75 Å². The number of aliphatic hydroxyl groups is 1. The van der Waals surface area contributed by atoms with Crippen LogP contribution in [0.25, 0.3) is 0 Å². The van der Waals surface area contributed by atoms with E-state index < -0.39 is 5.54 Å². The summed E-state index contributed by atoms with van der Waals surface area (Å²) in [4.78, 5) is 11.6. The van der Waals surface area contributed by atoms with Crippen LogP contribution >= 0.6 is 0 Å². The summed E-state index contributed by atoms with van der Waals surface area (Å²) in [7, 11) is 0. The second-order valence-electron chi connectivity index (χ2n) is 5.38. The van der Waals surface area contributed by atoms with E-state index in [4.69, 9.17) is 15.6 Å². The molecule has 5 heteroatoms. The highest BCUT2D eigenvalue weighted by atomic mass is 16.5. The molecule has 5 nitrogen and oxygen atoms in total. The third-order valence-corrected chi connectivity index (χ3v) is 3.50. The van der Waals surface area contributed by atoms with E-state index in [0.29, 0.717) is 13.0 Å². The minimum absolute atomic E-state index is 0.0281. The third kappa shape index (κ3) is 5.73. The van der Waals surface area contributed by atoms with Gasteiger partial charge < -0.3 is 20.9 Å². The normalized spacial score (nSPS) is 13.7. The second kappa shape index (κ2) is 8.64. The van der Waals surface area contributed by atoms with Crippen LogP contribution in [0.15, 0.2) is 24.3 Å². The van der Waals surface area contributed by atoms with Crippen molar-refractivity contribution < 1.29 is 14.6 Å². The number of aliphatic hydroxyl groups excluding tert-OH is 1. The average Bonchev–Trinajstić information content (AvgIpc) is 2.50. The Morgan fingerprint density at radius 1 is 1.38 bits per heavy atom. The zero-order valence-corrected chi connectivity index (χ0v) is 12.9. The molecule has 0 saturated carbocycles. The Labute approximate surface area is 126 Å². The van der Waals surface area contributed by atoms with Crippen LogP contribution in [0.2, 0.25) is 0 Å². The van der Waals surface area contributed by atoms with Crippen molar-refractivity contribution in [3.63, 3.8) is 0 Å². The molecule has 4 N–H and O–H groups in total. The highest BCUT2D eigenvalue weighted by molar-refractivity contribution is 5.84. The number of nitrogens with one attached hydrogen (secondary N) is 1. The van der Waals surface area contributed by atoms with Crippen LogP contribution in [0.5, 0.6) is 5.75 Å². The standard InChI is InChI=1S/C16H26N2O3/c1-3-10-18-16(2,15(17)20)9-4-11-21-14-7-5-13(12-19)6-8-14/h5-8,18-19H,3-4,9-12H2,1-2H3,(H2,17,20). The van der Waals surface area contributed by atoms with Gasteiger partial charge in [0, 0.05) is 0 Å². The molecule has 0 fully saturated rings. The topological polar surface area (TPSA) is 84.6 Å². The van der Waals surface area contributed by atoms with Crippen molar-refractivity contribution in [2.75, 3.05) is 13.2 Å². The van der Waals surface area contributed by atoms with E-state index >= 15 is 0 Å². The van der Waals surface area contributed by atoms with Gasteiger partial charge in [-0.25, -0.2) is 0 Å². The quantitative estimate of drug-likeness (QED) is 0.572. The molecule has 0 aromatic heterocycles. The number of benzene rings is 1. The molecular weight excluding hydrogens is 268 g/mol. The largest absolute Gasteiger partial charge is 0.494 e. The van der Waals surface area contributed by atoms with Gasteiger partial charge >= 0.3 is 0 Å². The lowest BCUT2D eigenvalue weighted by atomic mass is 9.95. The number of hydrogen-bond donors (Lipinski definition) is 3. The molecule has 1 atom stereocenters. The summed E-state index contributed by atoms with van der Waals surface area (Å²) < 4.78 is 5.62. The van der Waals surface area contributed by atoms with E-state index in [1.165, 1.54) is 0 Å². The average molecular weight is 294 g/mol. The van der Waals surface area contributed by atoms with Gasteiger partial charge in [-0.3, -0.25) is 4.79 Å². The molecule has 1 unspecified atom stereocenters. The van der Waals surface area contributed by atoms with Gasteiger partial charge in [0.25, 0.3) is 0 Å². The Bertz CT molecular complexity index is 434. The molecule has 0 heterocycles. The maximum Gasteiger partial charge on any atom is 0.237 e. The molecule has 0 aliphatic carbocycles. The number of ether oxygens (including phenoxy) is 1. The Kier molecular flexibility index (Phi) is 7.19. The van der Waals surface area contributed by atoms with Crippen LogP contribution in [0.4, 0.5) is 0 Å². The van der Waals surface area contributed by atoms with Gasteiger partial charge in [0.05, 0.1) is 18.8 Å². The first-order valence-corrected chi connectivity index (χ1v) is 7.39. The molecule has 1 amide bonds. The van der Waals surface area contributed by atoms with Gasteiger partial charge in [-0.1, -0.05) is 19.1 Å². The fourth-order valence-electron chi connectivity index (χ4n) is 2.01. The molecule has 1 rings (SSSR count). The molecule has 0 radical (unpaired) electrons. The summed E-state index contributed by atoms with van der Waals surface area (Å²) in [6.07, 6.45) is 2.32. The van der Waals surface area contributed by atoms with Crippen molar-refractivity contribution in [2.45, 2.75) is 45.3 Å². The number of nitrogens with two attached hydrogens (primary N) is 1. The van der Waals surface area contributed by atoms with Crippen LogP contribution in [0.1, 0.15) is 38.7 Å². The molecule has 1 aromatic rings. The highest BCUT2D eigenvalue weighted by Crippen LogP contribution is 2.15. The summed E-state index contributed by atoms with van der Waals surface area (Å²) in [6.45, 7) is 5.20. The zero-order chi connectivity index (χ0) is 15.7. The van der Waals surface area contributed by atoms with Crippen molar-refractivity contribution in [3.05, 3.63) is 29.8 Å². The SMILES string of the molecule is CCCNC(C)(CCCOc1ccc(CO)cc1)C(N)=O. The van der Waals surface area contributed by atoms with Crippen molar-refractivity contribution in [1.29, 1.82) is 0 Å². The fourth-order valence-corrected chi connectivity index (χ4v) is 2.01. The van der Waals surface area contributed by atoms with Crippen LogP contribution in [0, 0.1) is 0 Å². The number of carbonyl (C=O) groups is 1. The van der Waals surface area contributed by atoms with Crippen molar-refractivity contribution in [2.24, 2.45) is 5.73 Å². The first-order chi connectivity index (χ1) is 10.0. The van der Waals surface area contributed by atoms with E-state index in [-0.39, 0.29) is 12.5 Å². The lowest BCUT2D eigenvalue weighted by molar-refractivity contribution is -0.124. The first kappa shape index (κ1) is 17.5. The molecule has 0 saturated heterocycles. The van der Waals surface area contributed by atoms with Crippen LogP contribution in [-0.2, 0) is 11.4 Å². The highest BCUT2D eigenvalue weighted by Gasteiger charge is 2.29. The van der Waals surface area contributed by atoms with E-state index in [1.54, 1.807) is 0 Å². The minimum Gasteiger partial charge on any atom is -0.494 e. The van der Waals surface area contributed by atoms with Gasteiger partial charge in [0.2, 0.25) is 5.91 Å². The van der Waals surface area contributed by atoms with Crippen molar-refractivity contribution in [3.8, 4) is 5.75 Å². The molecular formula is C16H26N2O3. The Morgan fingerprint density at radius 2 is 2.05 bits per heavy atom. The Morgan fingerprint density at radius 3 is 2.57 bits per heavy atom. The van der Waals surface area contributed by atoms with Crippen LogP contribution < -0.4 is 15.8 Å². The fraction of sp³-hybridized carbons (Fsp3) is 0.562. The van der Waals surface area contributed by atoms with Crippen molar-refractivity contribution >= 4 is 5.91 Å². The molecule has 118 valence electrons. The van der Waals surface area contributed by atoms with Crippen LogP contribution in [0.3, 0.4) is 0 Å². The molecule has 0 aliphatic rings. The van der Waals surface area contributed by atoms with Crippen LogP contribution in [-0.4, -0.2) is 29.7 Å². The van der Waals surface area contributed by atoms with Crippen molar-refractivity contribution in [1.82, 2.24) is 5.32 Å². The second-order valence-corrected chi connectivity index (χ2v) is 5.38. The lowest BCUT2D eigenvalue weighted by Gasteiger charge is -2.27. The Balaban J connectivity index is 2.38.